The zero-order chi connectivity index (χ0) is 13.5. The molecule has 1 atom stereocenters. The van der Waals surface area contributed by atoms with E-state index < -0.39 is 23.6 Å². The van der Waals surface area contributed by atoms with Crippen molar-refractivity contribution in [3.8, 4) is 0 Å². The molecule has 7 heteroatoms. The van der Waals surface area contributed by atoms with E-state index in [1.807, 2.05) is 0 Å². The first-order valence-electron chi connectivity index (χ1n) is 5.23. The highest BCUT2D eigenvalue weighted by molar-refractivity contribution is 5.82. The Kier molecular flexibility index (Phi) is 6.52. The lowest BCUT2D eigenvalue weighted by molar-refractivity contribution is -0.139. The summed E-state index contributed by atoms with van der Waals surface area (Å²) < 4.78 is 4.91. The molecule has 2 amide bonds. The van der Waals surface area contributed by atoms with E-state index in [0.717, 1.165) is 0 Å². The van der Waals surface area contributed by atoms with Crippen LogP contribution in [0.5, 0.6) is 0 Å². The minimum absolute atomic E-state index is 0.0343. The maximum atomic E-state index is 11.5. The van der Waals surface area contributed by atoms with Gasteiger partial charge in [0.05, 0.1) is 12.1 Å². The van der Waals surface area contributed by atoms with E-state index >= 15 is 0 Å². The zero-order valence-corrected chi connectivity index (χ0v) is 10.3. The molecule has 0 aliphatic heterocycles. The third kappa shape index (κ3) is 6.75. The van der Waals surface area contributed by atoms with Crippen LogP contribution in [0.1, 0.15) is 20.3 Å². The Morgan fingerprint density at radius 3 is 2.41 bits per heavy atom. The van der Waals surface area contributed by atoms with Crippen LogP contribution in [-0.4, -0.2) is 54.1 Å². The summed E-state index contributed by atoms with van der Waals surface area (Å²) in [6.45, 7) is 3.49. The van der Waals surface area contributed by atoms with Crippen LogP contribution in [0.15, 0.2) is 0 Å². The highest BCUT2D eigenvalue weighted by atomic mass is 16.5. The second-order valence-corrected chi connectivity index (χ2v) is 4.32. The molecule has 0 aliphatic rings. The molecule has 0 radical (unpaired) electrons. The van der Waals surface area contributed by atoms with Gasteiger partial charge in [-0.2, -0.15) is 0 Å². The summed E-state index contributed by atoms with van der Waals surface area (Å²) in [5.74, 6) is -1.18. The van der Waals surface area contributed by atoms with Crippen molar-refractivity contribution in [2.45, 2.75) is 31.8 Å². The Morgan fingerprint density at radius 1 is 1.41 bits per heavy atom. The molecule has 0 aromatic heterocycles. The summed E-state index contributed by atoms with van der Waals surface area (Å²) in [6, 6.07) is -1.70. The highest BCUT2D eigenvalue weighted by Crippen LogP contribution is 2.02. The number of nitrogens with one attached hydrogen (secondary N) is 2. The quantitative estimate of drug-likeness (QED) is 0.488. The Bertz CT molecular complexity index is 267. The molecule has 4 N–H and O–H groups in total. The van der Waals surface area contributed by atoms with Gasteiger partial charge >= 0.3 is 12.0 Å². The van der Waals surface area contributed by atoms with Crippen LogP contribution >= 0.6 is 0 Å². The predicted molar refractivity (Wildman–Crippen MR) is 60.7 cm³/mol. The third-order valence-corrected chi connectivity index (χ3v) is 1.98. The minimum Gasteiger partial charge on any atom is -0.480 e. The molecule has 7 nitrogen and oxygen atoms in total. The van der Waals surface area contributed by atoms with Crippen molar-refractivity contribution in [3.63, 3.8) is 0 Å². The second kappa shape index (κ2) is 7.08. The Morgan fingerprint density at radius 2 is 2.00 bits per heavy atom. The van der Waals surface area contributed by atoms with Crippen molar-refractivity contribution in [2.75, 3.05) is 20.3 Å². The van der Waals surface area contributed by atoms with E-state index in [4.69, 9.17) is 14.9 Å². The average Bonchev–Trinajstić information content (AvgIpc) is 2.15. The molecule has 0 saturated heterocycles. The van der Waals surface area contributed by atoms with Gasteiger partial charge in [-0.1, -0.05) is 0 Å². The minimum atomic E-state index is -1.18. The van der Waals surface area contributed by atoms with Gasteiger partial charge in [-0.05, 0) is 13.8 Å². The van der Waals surface area contributed by atoms with Gasteiger partial charge in [-0.3, -0.25) is 0 Å². The van der Waals surface area contributed by atoms with Gasteiger partial charge in [0.1, 0.15) is 6.04 Å². The number of carbonyl (C=O) groups excluding carboxylic acids is 1. The average molecular weight is 248 g/mol. The number of hydrogen-bond donors (Lipinski definition) is 4. The number of aliphatic hydroxyl groups is 1. The van der Waals surface area contributed by atoms with E-state index in [1.165, 1.54) is 7.11 Å². The molecule has 0 aromatic carbocycles. The van der Waals surface area contributed by atoms with Gasteiger partial charge in [-0.25, -0.2) is 9.59 Å². The van der Waals surface area contributed by atoms with Crippen molar-refractivity contribution in [2.24, 2.45) is 0 Å². The van der Waals surface area contributed by atoms with Gasteiger partial charge < -0.3 is 25.6 Å². The van der Waals surface area contributed by atoms with Gasteiger partial charge in [-0.15, -0.1) is 0 Å². The molecule has 0 rings (SSSR count). The number of aliphatic hydroxyl groups excluding tert-OH is 1. The Balaban J connectivity index is 4.27. The largest absolute Gasteiger partial charge is 0.480 e. The first-order valence-corrected chi connectivity index (χ1v) is 5.23. The summed E-state index contributed by atoms with van der Waals surface area (Å²) in [7, 11) is 1.51. The summed E-state index contributed by atoms with van der Waals surface area (Å²) in [4.78, 5) is 22.2. The number of rotatable bonds is 7. The van der Waals surface area contributed by atoms with Gasteiger partial charge in [0.15, 0.2) is 0 Å². The molecule has 0 heterocycles. The summed E-state index contributed by atoms with van der Waals surface area (Å²) >= 11 is 0. The zero-order valence-electron chi connectivity index (χ0n) is 10.3. The molecule has 0 aliphatic carbocycles. The van der Waals surface area contributed by atoms with E-state index in [-0.39, 0.29) is 13.0 Å². The molecular formula is C10H20N2O5. The molecule has 100 valence electrons. The topological polar surface area (TPSA) is 108 Å². The smallest absolute Gasteiger partial charge is 0.326 e. The standard InChI is InChI=1S/C10H20N2O5/c1-10(2,6-17-3)12-9(16)11-7(4-5-13)8(14)15/h7,13H,4-6H2,1-3H3,(H,14,15)(H2,11,12,16). The number of aliphatic carboxylic acids is 1. The molecule has 0 saturated carbocycles. The van der Waals surface area contributed by atoms with Crippen LogP contribution in [0.4, 0.5) is 4.79 Å². The van der Waals surface area contributed by atoms with E-state index in [2.05, 4.69) is 10.6 Å². The Hall–Kier alpha value is -1.34. The second-order valence-electron chi connectivity index (χ2n) is 4.32. The summed E-state index contributed by atoms with van der Waals surface area (Å²) in [6.07, 6.45) is -0.0343. The molecule has 0 spiro atoms. The predicted octanol–water partition coefficient (Wildman–Crippen LogP) is -0.454. The monoisotopic (exact) mass is 248 g/mol. The molecular weight excluding hydrogens is 228 g/mol. The number of methoxy groups -OCH3 is 1. The molecule has 0 aromatic rings. The number of ether oxygens (including phenoxy) is 1. The van der Waals surface area contributed by atoms with Crippen molar-refractivity contribution in [1.82, 2.24) is 10.6 Å². The number of carboxylic acids is 1. The lowest BCUT2D eigenvalue weighted by Crippen LogP contribution is -2.54. The van der Waals surface area contributed by atoms with E-state index in [0.29, 0.717) is 6.61 Å². The van der Waals surface area contributed by atoms with Gasteiger partial charge in [0, 0.05) is 20.1 Å². The van der Waals surface area contributed by atoms with Crippen molar-refractivity contribution >= 4 is 12.0 Å². The van der Waals surface area contributed by atoms with Crippen LogP contribution in [-0.2, 0) is 9.53 Å². The van der Waals surface area contributed by atoms with Crippen LogP contribution in [0, 0.1) is 0 Å². The number of amides is 2. The molecule has 0 bridgehead atoms. The highest BCUT2D eigenvalue weighted by Gasteiger charge is 2.24. The fourth-order valence-electron chi connectivity index (χ4n) is 1.29. The summed E-state index contributed by atoms with van der Waals surface area (Å²) in [5, 5.41) is 22.3. The van der Waals surface area contributed by atoms with Gasteiger partial charge in [0.2, 0.25) is 0 Å². The lowest BCUT2D eigenvalue weighted by Gasteiger charge is -2.26. The molecule has 17 heavy (non-hydrogen) atoms. The maximum absolute atomic E-state index is 11.5. The normalized spacial score (nSPS) is 12.9. The van der Waals surface area contributed by atoms with Crippen LogP contribution in [0.3, 0.4) is 0 Å². The van der Waals surface area contributed by atoms with Crippen molar-refractivity contribution in [1.29, 1.82) is 0 Å². The number of carboxylic acid groups (broad SMARTS) is 1. The molecule has 1 unspecified atom stereocenters. The maximum Gasteiger partial charge on any atom is 0.326 e. The van der Waals surface area contributed by atoms with Crippen LogP contribution in [0.25, 0.3) is 0 Å². The van der Waals surface area contributed by atoms with Crippen molar-refractivity contribution < 1.29 is 24.5 Å². The summed E-state index contributed by atoms with van der Waals surface area (Å²) in [5.41, 5.74) is -0.596. The number of urea groups is 1. The first kappa shape index (κ1) is 15.7. The fourth-order valence-corrected chi connectivity index (χ4v) is 1.29. The Labute approximate surface area is 100 Å². The van der Waals surface area contributed by atoms with Crippen LogP contribution in [0.2, 0.25) is 0 Å². The van der Waals surface area contributed by atoms with Gasteiger partial charge in [0.25, 0.3) is 0 Å². The van der Waals surface area contributed by atoms with Crippen molar-refractivity contribution in [3.05, 3.63) is 0 Å². The lowest BCUT2D eigenvalue weighted by atomic mass is 10.1. The SMILES string of the molecule is COCC(C)(C)NC(=O)NC(CCO)C(=O)O. The third-order valence-electron chi connectivity index (χ3n) is 1.98. The number of carbonyl (C=O) groups is 2. The number of hydrogen-bond acceptors (Lipinski definition) is 4. The first-order chi connectivity index (χ1) is 7.82. The fraction of sp³-hybridized carbons (Fsp3) is 0.800. The molecule has 0 fully saturated rings. The van der Waals surface area contributed by atoms with E-state index in [1.54, 1.807) is 13.8 Å². The van der Waals surface area contributed by atoms with Crippen LogP contribution < -0.4 is 10.6 Å². The van der Waals surface area contributed by atoms with E-state index in [9.17, 15) is 9.59 Å².